The van der Waals surface area contributed by atoms with E-state index in [1.807, 2.05) is 0 Å². The number of aryl methyl sites for hydroxylation is 1. The van der Waals surface area contributed by atoms with Crippen LogP contribution >= 0.6 is 11.6 Å². The molecule has 0 bridgehead atoms. The summed E-state index contributed by atoms with van der Waals surface area (Å²) in [5.74, 6) is 1.21. The van der Waals surface area contributed by atoms with E-state index in [2.05, 4.69) is 16.9 Å². The molecule has 0 N–H and O–H groups in total. The van der Waals surface area contributed by atoms with Gasteiger partial charge in [0.1, 0.15) is 5.82 Å². The van der Waals surface area contributed by atoms with E-state index in [1.54, 1.807) is 6.92 Å². The van der Waals surface area contributed by atoms with Gasteiger partial charge in [-0.25, -0.2) is 14.8 Å². The number of esters is 1. The zero-order valence-electron chi connectivity index (χ0n) is 9.24. The van der Waals surface area contributed by atoms with Crippen LogP contribution in [0.15, 0.2) is 6.20 Å². The van der Waals surface area contributed by atoms with E-state index in [-0.39, 0.29) is 10.7 Å². The molecule has 0 amide bonds. The van der Waals surface area contributed by atoms with Crippen LogP contribution < -0.4 is 0 Å². The fourth-order valence-corrected chi connectivity index (χ4v) is 1.65. The molecule has 0 unspecified atom stereocenters. The van der Waals surface area contributed by atoms with Gasteiger partial charge in [0.25, 0.3) is 0 Å². The number of ether oxygens (including phenoxy) is 1. The largest absolute Gasteiger partial charge is 0.461 e. The molecule has 2 rings (SSSR count). The molecule has 1 heterocycles. The van der Waals surface area contributed by atoms with Gasteiger partial charge in [-0.2, -0.15) is 0 Å². The minimum Gasteiger partial charge on any atom is -0.461 e. The number of halogens is 1. The van der Waals surface area contributed by atoms with Crippen molar-refractivity contribution in [1.29, 1.82) is 0 Å². The highest BCUT2D eigenvalue weighted by atomic mass is 35.5. The lowest BCUT2D eigenvalue weighted by Gasteiger charge is -2.05. The number of hydrogen-bond donors (Lipinski definition) is 0. The van der Waals surface area contributed by atoms with Crippen LogP contribution in [0.25, 0.3) is 0 Å². The third-order valence-corrected chi connectivity index (χ3v) is 3.04. The first-order valence-corrected chi connectivity index (χ1v) is 5.62. The number of nitrogens with zero attached hydrogens (tertiary/aromatic N) is 2. The zero-order chi connectivity index (χ0) is 11.7. The molecule has 0 spiro atoms. The van der Waals surface area contributed by atoms with Crippen LogP contribution in [0.4, 0.5) is 0 Å². The van der Waals surface area contributed by atoms with Gasteiger partial charge in [-0.3, -0.25) is 0 Å². The predicted octanol–water partition coefficient (Wildman–Crippen LogP) is 2.25. The maximum Gasteiger partial charge on any atom is 0.358 e. The summed E-state index contributed by atoms with van der Waals surface area (Å²) in [4.78, 5) is 19.5. The van der Waals surface area contributed by atoms with Gasteiger partial charge in [-0.15, -0.1) is 0 Å². The number of carbonyl (C=O) groups is 1. The lowest BCUT2D eigenvalue weighted by Crippen LogP contribution is -2.11. The van der Waals surface area contributed by atoms with Crippen molar-refractivity contribution in [3.8, 4) is 0 Å². The number of hydrogen-bond acceptors (Lipinski definition) is 4. The summed E-state index contributed by atoms with van der Waals surface area (Å²) in [5.41, 5.74) is 0.155. The van der Waals surface area contributed by atoms with Crippen molar-refractivity contribution in [2.45, 2.75) is 20.3 Å². The van der Waals surface area contributed by atoms with Crippen molar-refractivity contribution < 1.29 is 9.53 Å². The van der Waals surface area contributed by atoms with Gasteiger partial charge in [0, 0.05) is 0 Å². The summed E-state index contributed by atoms with van der Waals surface area (Å²) < 4.78 is 5.14. The summed E-state index contributed by atoms with van der Waals surface area (Å²) in [7, 11) is 0. The molecule has 0 saturated heterocycles. The van der Waals surface area contributed by atoms with E-state index in [0.717, 1.165) is 6.42 Å². The van der Waals surface area contributed by atoms with Gasteiger partial charge in [0.05, 0.1) is 17.8 Å². The topological polar surface area (TPSA) is 52.1 Å². The molecular formula is C11H13ClN2O2. The normalized spacial score (nSPS) is 22.9. The van der Waals surface area contributed by atoms with Crippen molar-refractivity contribution in [1.82, 2.24) is 9.97 Å². The molecule has 1 fully saturated rings. The lowest BCUT2D eigenvalue weighted by molar-refractivity contribution is 0.0474. The van der Waals surface area contributed by atoms with Crippen LogP contribution in [-0.2, 0) is 4.74 Å². The van der Waals surface area contributed by atoms with Crippen LogP contribution in [0.5, 0.6) is 0 Å². The molecule has 5 heteroatoms. The Balaban J connectivity index is 1.99. The number of rotatable bonds is 3. The molecule has 1 aliphatic carbocycles. The second-order valence-corrected chi connectivity index (χ2v) is 4.59. The fraction of sp³-hybridized carbons (Fsp3) is 0.545. The second-order valence-electron chi connectivity index (χ2n) is 4.19. The first-order valence-electron chi connectivity index (χ1n) is 5.24. The molecule has 1 aromatic heterocycles. The van der Waals surface area contributed by atoms with Crippen molar-refractivity contribution in [3.63, 3.8) is 0 Å². The quantitative estimate of drug-likeness (QED) is 0.761. The summed E-state index contributed by atoms with van der Waals surface area (Å²) in [6.07, 6.45) is 2.55. The van der Waals surface area contributed by atoms with Crippen molar-refractivity contribution in [2.75, 3.05) is 6.61 Å². The Bertz CT molecular complexity index is 422. The van der Waals surface area contributed by atoms with Crippen molar-refractivity contribution >= 4 is 17.6 Å². The SMILES string of the molecule is Cc1ncc(Cl)c(C(=O)OC[C@H]2C[C@H]2C)n1. The summed E-state index contributed by atoms with van der Waals surface area (Å²) >= 11 is 5.82. The van der Waals surface area contributed by atoms with E-state index < -0.39 is 5.97 Å². The first-order chi connectivity index (χ1) is 7.58. The molecule has 0 radical (unpaired) electrons. The van der Waals surface area contributed by atoms with Gasteiger partial charge < -0.3 is 4.74 Å². The van der Waals surface area contributed by atoms with Gasteiger partial charge in [0.2, 0.25) is 0 Å². The van der Waals surface area contributed by atoms with Crippen molar-refractivity contribution in [3.05, 3.63) is 22.7 Å². The maximum absolute atomic E-state index is 11.7. The van der Waals surface area contributed by atoms with Gasteiger partial charge in [-0.1, -0.05) is 18.5 Å². The zero-order valence-corrected chi connectivity index (χ0v) is 9.99. The Morgan fingerprint density at radius 2 is 2.38 bits per heavy atom. The average Bonchev–Trinajstić information content (AvgIpc) is 2.95. The Labute approximate surface area is 99.0 Å². The molecule has 1 aliphatic rings. The van der Waals surface area contributed by atoms with Gasteiger partial charge >= 0.3 is 5.97 Å². The van der Waals surface area contributed by atoms with Crippen LogP contribution in [0.1, 0.15) is 29.7 Å². The highest BCUT2D eigenvalue weighted by Gasteiger charge is 2.33. The van der Waals surface area contributed by atoms with E-state index in [4.69, 9.17) is 16.3 Å². The Morgan fingerprint density at radius 1 is 1.69 bits per heavy atom. The molecule has 4 nitrogen and oxygen atoms in total. The predicted molar refractivity (Wildman–Crippen MR) is 59.3 cm³/mol. The molecule has 0 aromatic carbocycles. The van der Waals surface area contributed by atoms with Crippen LogP contribution in [0.2, 0.25) is 5.02 Å². The van der Waals surface area contributed by atoms with Gasteiger partial charge in [-0.05, 0) is 25.2 Å². The molecular weight excluding hydrogens is 228 g/mol. The summed E-state index contributed by atoms with van der Waals surface area (Å²) in [6.45, 7) is 4.30. The van der Waals surface area contributed by atoms with Crippen LogP contribution in [0.3, 0.4) is 0 Å². The summed E-state index contributed by atoms with van der Waals surface area (Å²) in [6, 6.07) is 0. The smallest absolute Gasteiger partial charge is 0.358 e. The number of aromatic nitrogens is 2. The lowest BCUT2D eigenvalue weighted by atomic mass is 10.3. The molecule has 1 aromatic rings. The van der Waals surface area contributed by atoms with Gasteiger partial charge in [0.15, 0.2) is 5.69 Å². The Hall–Kier alpha value is -1.16. The molecule has 16 heavy (non-hydrogen) atoms. The Kier molecular flexibility index (Phi) is 3.10. The van der Waals surface area contributed by atoms with E-state index >= 15 is 0 Å². The fourth-order valence-electron chi connectivity index (χ4n) is 1.48. The third kappa shape index (κ3) is 2.50. The summed E-state index contributed by atoms with van der Waals surface area (Å²) in [5, 5.41) is 0.236. The number of carbonyl (C=O) groups excluding carboxylic acids is 1. The first kappa shape index (κ1) is 11.3. The van der Waals surface area contributed by atoms with E-state index in [1.165, 1.54) is 6.20 Å². The minimum absolute atomic E-state index is 0.155. The second kappa shape index (κ2) is 4.37. The average molecular weight is 241 g/mol. The highest BCUT2D eigenvalue weighted by molar-refractivity contribution is 6.33. The van der Waals surface area contributed by atoms with E-state index in [0.29, 0.717) is 24.3 Å². The molecule has 86 valence electrons. The monoisotopic (exact) mass is 240 g/mol. The van der Waals surface area contributed by atoms with E-state index in [9.17, 15) is 4.79 Å². The molecule has 2 atom stereocenters. The third-order valence-electron chi connectivity index (χ3n) is 2.76. The highest BCUT2D eigenvalue weighted by Crippen LogP contribution is 2.37. The Morgan fingerprint density at radius 3 is 3.00 bits per heavy atom. The molecule has 0 aliphatic heterocycles. The van der Waals surface area contributed by atoms with Crippen LogP contribution in [0, 0.1) is 18.8 Å². The minimum atomic E-state index is -0.463. The van der Waals surface area contributed by atoms with Crippen molar-refractivity contribution in [2.24, 2.45) is 11.8 Å². The standard InChI is InChI=1S/C11H13ClN2O2/c1-6-3-8(6)5-16-11(15)10-9(12)4-13-7(2)14-10/h4,6,8H,3,5H2,1-2H3/t6-,8-/m1/s1. The maximum atomic E-state index is 11.7. The molecule has 1 saturated carbocycles. The van der Waals surface area contributed by atoms with Crippen LogP contribution in [-0.4, -0.2) is 22.5 Å².